The molecule has 1 aromatic heterocycles. The first-order valence-corrected chi connectivity index (χ1v) is 11.4. The number of amides is 1. The Bertz CT molecular complexity index is 758. The standard InChI is InChI=1S/C20H27N3O3S2/c1-20(2,3)26-18(24)21-16(12-14-27-4)17-22-23-19(25-17)28-13-8-11-15-9-6-5-7-10-15/h5-11,16H,12-14H2,1-4H3,(H,21,24)/b11-8+/t16-/m1/s1. The van der Waals surface area contributed by atoms with Gasteiger partial charge in [-0.15, -0.1) is 10.2 Å². The minimum absolute atomic E-state index is 0.371. The lowest BCUT2D eigenvalue weighted by molar-refractivity contribution is 0.0493. The van der Waals surface area contributed by atoms with Gasteiger partial charge < -0.3 is 14.5 Å². The number of hydrogen-bond acceptors (Lipinski definition) is 7. The average Bonchev–Trinajstić information content (AvgIpc) is 3.10. The zero-order valence-corrected chi connectivity index (χ0v) is 18.3. The lowest BCUT2D eigenvalue weighted by atomic mass is 10.2. The van der Waals surface area contributed by atoms with Crippen LogP contribution in [0.3, 0.4) is 0 Å². The number of rotatable bonds is 9. The summed E-state index contributed by atoms with van der Waals surface area (Å²) in [5.74, 6) is 1.96. The molecule has 2 rings (SSSR count). The van der Waals surface area contributed by atoms with Gasteiger partial charge in [-0.1, -0.05) is 54.2 Å². The van der Waals surface area contributed by atoms with Gasteiger partial charge in [0, 0.05) is 5.75 Å². The summed E-state index contributed by atoms with van der Waals surface area (Å²) in [6.07, 6.45) is 6.31. The molecule has 28 heavy (non-hydrogen) atoms. The number of aromatic nitrogens is 2. The molecular formula is C20H27N3O3S2. The topological polar surface area (TPSA) is 77.2 Å². The van der Waals surface area contributed by atoms with Gasteiger partial charge in [0.1, 0.15) is 11.6 Å². The molecule has 0 bridgehead atoms. The summed E-state index contributed by atoms with van der Waals surface area (Å²) in [5, 5.41) is 11.5. The number of benzene rings is 1. The van der Waals surface area contributed by atoms with Crippen molar-refractivity contribution in [3.63, 3.8) is 0 Å². The molecule has 0 spiro atoms. The second-order valence-corrected chi connectivity index (χ2v) is 8.97. The molecule has 1 atom stereocenters. The Balaban J connectivity index is 1.92. The van der Waals surface area contributed by atoms with Gasteiger partial charge in [0.15, 0.2) is 0 Å². The predicted octanol–water partition coefficient (Wildman–Crippen LogP) is 5.19. The van der Waals surface area contributed by atoms with Gasteiger partial charge in [0.25, 0.3) is 5.22 Å². The Morgan fingerprint density at radius 2 is 2.04 bits per heavy atom. The molecule has 1 heterocycles. The molecule has 2 aromatic rings. The van der Waals surface area contributed by atoms with Crippen molar-refractivity contribution in [2.24, 2.45) is 0 Å². The molecule has 6 nitrogen and oxygen atoms in total. The fraction of sp³-hybridized carbons (Fsp3) is 0.450. The second kappa shape index (κ2) is 11.2. The normalized spacial score (nSPS) is 12.9. The number of alkyl carbamates (subject to hydrolysis) is 1. The van der Waals surface area contributed by atoms with E-state index in [1.165, 1.54) is 11.8 Å². The molecule has 0 saturated carbocycles. The van der Waals surface area contributed by atoms with Gasteiger partial charge in [0.2, 0.25) is 5.89 Å². The summed E-state index contributed by atoms with van der Waals surface area (Å²) in [6.45, 7) is 5.48. The molecule has 1 amide bonds. The number of carbonyl (C=O) groups is 1. The van der Waals surface area contributed by atoms with Gasteiger partial charge in [-0.2, -0.15) is 11.8 Å². The minimum atomic E-state index is -0.560. The smallest absolute Gasteiger partial charge is 0.408 e. The Hall–Kier alpha value is -1.93. The highest BCUT2D eigenvalue weighted by molar-refractivity contribution is 7.99. The van der Waals surface area contributed by atoms with Crippen molar-refractivity contribution in [1.82, 2.24) is 15.5 Å². The van der Waals surface area contributed by atoms with E-state index in [9.17, 15) is 4.79 Å². The Kier molecular flexibility index (Phi) is 8.92. The molecule has 0 aliphatic rings. The maximum Gasteiger partial charge on any atom is 0.408 e. The average molecular weight is 422 g/mol. The first-order valence-electron chi connectivity index (χ1n) is 9.03. The van der Waals surface area contributed by atoms with Gasteiger partial charge in [0.05, 0.1) is 0 Å². The molecule has 0 saturated heterocycles. The van der Waals surface area contributed by atoms with Crippen LogP contribution in [0, 0.1) is 0 Å². The Morgan fingerprint density at radius 3 is 2.71 bits per heavy atom. The Morgan fingerprint density at radius 1 is 1.29 bits per heavy atom. The van der Waals surface area contributed by atoms with Gasteiger partial charge >= 0.3 is 6.09 Å². The van der Waals surface area contributed by atoms with E-state index in [1.54, 1.807) is 11.8 Å². The SMILES string of the molecule is CSCC[C@@H](NC(=O)OC(C)(C)C)c1nnc(SC/C=C/c2ccccc2)o1. The van der Waals surface area contributed by atoms with E-state index in [4.69, 9.17) is 9.15 Å². The fourth-order valence-corrected chi connectivity index (χ4v) is 3.28. The van der Waals surface area contributed by atoms with Crippen LogP contribution < -0.4 is 5.32 Å². The minimum Gasteiger partial charge on any atom is -0.444 e. The third kappa shape index (κ3) is 8.39. The summed E-state index contributed by atoms with van der Waals surface area (Å²) in [7, 11) is 0. The second-order valence-electron chi connectivity index (χ2n) is 7.01. The predicted molar refractivity (Wildman–Crippen MR) is 116 cm³/mol. The molecule has 8 heteroatoms. The van der Waals surface area contributed by atoms with Crippen LogP contribution in [-0.2, 0) is 4.74 Å². The van der Waals surface area contributed by atoms with Crippen molar-refractivity contribution in [1.29, 1.82) is 0 Å². The molecular weight excluding hydrogens is 394 g/mol. The van der Waals surface area contributed by atoms with Crippen LogP contribution in [0.2, 0.25) is 0 Å². The molecule has 1 aromatic carbocycles. The van der Waals surface area contributed by atoms with Crippen LogP contribution in [0.15, 0.2) is 46.0 Å². The van der Waals surface area contributed by atoms with Crippen molar-refractivity contribution in [2.45, 2.75) is 44.1 Å². The summed E-state index contributed by atoms with van der Waals surface area (Å²) in [4.78, 5) is 12.1. The van der Waals surface area contributed by atoms with Crippen molar-refractivity contribution in [2.75, 3.05) is 17.8 Å². The van der Waals surface area contributed by atoms with Gasteiger partial charge in [-0.3, -0.25) is 0 Å². The largest absolute Gasteiger partial charge is 0.444 e. The monoisotopic (exact) mass is 421 g/mol. The maximum absolute atomic E-state index is 12.1. The molecule has 0 aliphatic heterocycles. The molecule has 0 aliphatic carbocycles. The number of carbonyl (C=O) groups excluding carboxylic acids is 1. The third-order valence-electron chi connectivity index (χ3n) is 3.43. The van der Waals surface area contributed by atoms with E-state index in [0.717, 1.165) is 11.3 Å². The van der Waals surface area contributed by atoms with Gasteiger partial charge in [-0.25, -0.2) is 4.79 Å². The molecule has 0 radical (unpaired) electrons. The van der Waals surface area contributed by atoms with Crippen LogP contribution in [-0.4, -0.2) is 39.7 Å². The van der Waals surface area contributed by atoms with Crippen LogP contribution in [0.5, 0.6) is 0 Å². The van der Waals surface area contributed by atoms with E-state index < -0.39 is 11.7 Å². The van der Waals surface area contributed by atoms with Crippen molar-refractivity contribution in [3.05, 3.63) is 47.9 Å². The number of nitrogens with one attached hydrogen (secondary N) is 1. The Labute approximate surface area is 174 Å². The van der Waals surface area contributed by atoms with Crippen molar-refractivity contribution >= 4 is 35.7 Å². The molecule has 1 N–H and O–H groups in total. The molecule has 0 fully saturated rings. The van der Waals surface area contributed by atoms with Crippen LogP contribution in [0.4, 0.5) is 4.79 Å². The summed E-state index contributed by atoms with van der Waals surface area (Å²) < 4.78 is 11.1. The number of hydrogen-bond donors (Lipinski definition) is 1. The molecule has 152 valence electrons. The number of nitrogens with zero attached hydrogens (tertiary/aromatic N) is 2. The van der Waals surface area contributed by atoms with E-state index in [2.05, 4.69) is 21.6 Å². The van der Waals surface area contributed by atoms with E-state index in [1.807, 2.05) is 63.4 Å². The summed E-state index contributed by atoms with van der Waals surface area (Å²) >= 11 is 3.14. The zero-order chi connectivity index (χ0) is 20.4. The quantitative estimate of drug-likeness (QED) is 0.558. The lowest BCUT2D eigenvalue weighted by Crippen LogP contribution is -2.35. The number of ether oxygens (including phenoxy) is 1. The lowest BCUT2D eigenvalue weighted by Gasteiger charge is -2.22. The van der Waals surface area contributed by atoms with E-state index >= 15 is 0 Å². The highest BCUT2D eigenvalue weighted by atomic mass is 32.2. The number of thioether (sulfide) groups is 2. The molecule has 0 unspecified atom stereocenters. The highest BCUT2D eigenvalue weighted by Gasteiger charge is 2.24. The fourth-order valence-electron chi connectivity index (χ4n) is 2.23. The van der Waals surface area contributed by atoms with Crippen LogP contribution in [0.1, 0.15) is 44.7 Å². The third-order valence-corrected chi connectivity index (χ3v) is 4.85. The summed E-state index contributed by atoms with van der Waals surface area (Å²) in [6, 6.07) is 9.72. The van der Waals surface area contributed by atoms with E-state index in [-0.39, 0.29) is 6.04 Å². The van der Waals surface area contributed by atoms with E-state index in [0.29, 0.717) is 23.3 Å². The van der Waals surface area contributed by atoms with Crippen LogP contribution >= 0.6 is 23.5 Å². The maximum atomic E-state index is 12.1. The van der Waals surface area contributed by atoms with Crippen molar-refractivity contribution < 1.29 is 13.9 Å². The first kappa shape index (κ1) is 22.4. The summed E-state index contributed by atoms with van der Waals surface area (Å²) in [5.41, 5.74) is 0.586. The highest BCUT2D eigenvalue weighted by Crippen LogP contribution is 2.23. The van der Waals surface area contributed by atoms with Crippen molar-refractivity contribution in [3.8, 4) is 0 Å². The van der Waals surface area contributed by atoms with Crippen LogP contribution in [0.25, 0.3) is 6.08 Å². The van der Waals surface area contributed by atoms with Gasteiger partial charge in [-0.05, 0) is 44.8 Å². The zero-order valence-electron chi connectivity index (χ0n) is 16.7. The first-order chi connectivity index (χ1) is 13.4.